The Kier molecular flexibility index (Phi) is 16.7. The summed E-state index contributed by atoms with van der Waals surface area (Å²) in [6.07, 6.45) is 17.5. The Hall–Kier alpha value is -0.420. The normalized spacial score (nSPS) is 13.7. The van der Waals surface area contributed by atoms with Crippen LogP contribution in [-0.4, -0.2) is 24.0 Å². The van der Waals surface area contributed by atoms with E-state index in [0.29, 0.717) is 6.42 Å². The van der Waals surface area contributed by atoms with Gasteiger partial charge in [0.1, 0.15) is 6.61 Å². The molecule has 150 valence electrons. The second-order valence-corrected chi connectivity index (χ2v) is 8.09. The van der Waals surface area contributed by atoms with Crippen molar-refractivity contribution in [2.75, 3.05) is 13.2 Å². The molecular formula is C18H38NO5P. The number of amides is 1. The number of hydrogen-bond acceptors (Lipinski definition) is 4. The second-order valence-electron chi connectivity index (χ2n) is 6.64. The molecule has 7 heteroatoms. The van der Waals surface area contributed by atoms with Crippen LogP contribution in [0.3, 0.4) is 0 Å². The van der Waals surface area contributed by atoms with Crippen LogP contribution < -0.4 is 5.73 Å². The molecule has 0 aliphatic heterocycles. The van der Waals surface area contributed by atoms with E-state index < -0.39 is 20.3 Å². The molecule has 1 atom stereocenters. The number of phosphoric acid groups is 1. The van der Waals surface area contributed by atoms with Gasteiger partial charge in [-0.2, -0.15) is 0 Å². The second kappa shape index (κ2) is 17.0. The Balaban J connectivity index is 3.23. The molecule has 0 spiro atoms. The lowest BCUT2D eigenvalue weighted by Gasteiger charge is -2.10. The molecule has 3 N–H and O–H groups in total. The fourth-order valence-corrected chi connectivity index (χ4v) is 3.38. The van der Waals surface area contributed by atoms with E-state index in [2.05, 4.69) is 11.4 Å². The van der Waals surface area contributed by atoms with Crippen molar-refractivity contribution in [3.8, 4) is 0 Å². The average Bonchev–Trinajstić information content (AvgIpc) is 2.56. The molecule has 0 radical (unpaired) electrons. The highest BCUT2D eigenvalue weighted by molar-refractivity contribution is 7.47. The van der Waals surface area contributed by atoms with Crippen LogP contribution in [0.4, 0.5) is 0 Å². The number of phosphoric ester groups is 1. The van der Waals surface area contributed by atoms with Crippen molar-refractivity contribution in [1.82, 2.24) is 0 Å². The summed E-state index contributed by atoms with van der Waals surface area (Å²) in [6, 6.07) is 0. The van der Waals surface area contributed by atoms with Gasteiger partial charge in [0, 0.05) is 0 Å². The van der Waals surface area contributed by atoms with Gasteiger partial charge < -0.3 is 10.6 Å². The molecule has 0 saturated heterocycles. The van der Waals surface area contributed by atoms with Crippen molar-refractivity contribution >= 4 is 13.7 Å². The topological polar surface area (TPSA) is 98.8 Å². The van der Waals surface area contributed by atoms with Crippen LogP contribution in [0.25, 0.3) is 0 Å². The van der Waals surface area contributed by atoms with E-state index in [1.54, 1.807) is 0 Å². The fraction of sp³-hybridized carbons (Fsp3) is 0.944. The van der Waals surface area contributed by atoms with Gasteiger partial charge in [-0.25, -0.2) is 4.57 Å². The molecule has 0 aliphatic carbocycles. The predicted octanol–water partition coefficient (Wildman–Crippen LogP) is 5.09. The highest BCUT2D eigenvalue weighted by Crippen LogP contribution is 2.43. The quantitative estimate of drug-likeness (QED) is 0.241. The van der Waals surface area contributed by atoms with Crippen LogP contribution in [0.15, 0.2) is 0 Å². The predicted molar refractivity (Wildman–Crippen MR) is 101 cm³/mol. The van der Waals surface area contributed by atoms with Gasteiger partial charge in [-0.1, -0.05) is 90.4 Å². The van der Waals surface area contributed by atoms with Crippen LogP contribution in [0.5, 0.6) is 0 Å². The number of carbonyl (C=O) groups is 1. The molecule has 1 unspecified atom stereocenters. The van der Waals surface area contributed by atoms with E-state index in [9.17, 15) is 14.3 Å². The zero-order valence-electron chi connectivity index (χ0n) is 15.9. The Labute approximate surface area is 153 Å². The van der Waals surface area contributed by atoms with Gasteiger partial charge in [0.2, 0.25) is 5.91 Å². The number of carbonyl (C=O) groups excluding carboxylic acids is 1. The molecule has 0 aromatic heterocycles. The molecule has 1 amide bonds. The molecule has 0 rings (SSSR count). The molecule has 0 aromatic rings. The van der Waals surface area contributed by atoms with E-state index in [1.165, 1.54) is 70.6 Å². The Morgan fingerprint density at radius 1 is 0.800 bits per heavy atom. The Morgan fingerprint density at radius 3 is 1.60 bits per heavy atom. The zero-order chi connectivity index (χ0) is 18.8. The van der Waals surface area contributed by atoms with Gasteiger partial charge >= 0.3 is 7.82 Å². The van der Waals surface area contributed by atoms with Gasteiger partial charge in [-0.15, -0.1) is 0 Å². The lowest BCUT2D eigenvalue weighted by Crippen LogP contribution is -2.17. The summed E-state index contributed by atoms with van der Waals surface area (Å²) in [6.45, 7) is 1.80. The molecule has 6 nitrogen and oxygen atoms in total. The minimum absolute atomic E-state index is 0.157. The third-order valence-electron chi connectivity index (χ3n) is 4.12. The van der Waals surface area contributed by atoms with Gasteiger partial charge in [0.05, 0.1) is 6.61 Å². The molecule has 25 heavy (non-hydrogen) atoms. The third-order valence-corrected chi connectivity index (χ3v) is 5.09. The maximum Gasteiger partial charge on any atom is 0.472 e. The number of primary amides is 1. The van der Waals surface area contributed by atoms with Gasteiger partial charge in [0.25, 0.3) is 0 Å². The van der Waals surface area contributed by atoms with Gasteiger partial charge in [-0.3, -0.25) is 13.8 Å². The maximum absolute atomic E-state index is 11.4. The van der Waals surface area contributed by atoms with Crippen molar-refractivity contribution in [2.45, 2.75) is 96.8 Å². The summed E-state index contributed by atoms with van der Waals surface area (Å²) in [5.41, 5.74) is 4.83. The van der Waals surface area contributed by atoms with Crippen molar-refractivity contribution in [1.29, 1.82) is 0 Å². The summed E-state index contributed by atoms with van der Waals surface area (Å²) in [7, 11) is -4.13. The third kappa shape index (κ3) is 19.7. The van der Waals surface area contributed by atoms with Crippen LogP contribution in [0.2, 0.25) is 0 Å². The van der Waals surface area contributed by atoms with E-state index in [4.69, 9.17) is 10.3 Å². The van der Waals surface area contributed by atoms with Crippen molar-refractivity contribution in [3.63, 3.8) is 0 Å². The summed E-state index contributed by atoms with van der Waals surface area (Å²) >= 11 is 0. The van der Waals surface area contributed by atoms with Crippen LogP contribution in [0, 0.1) is 0 Å². The summed E-state index contributed by atoms with van der Waals surface area (Å²) in [4.78, 5) is 19.7. The molecule has 0 saturated carbocycles. The van der Waals surface area contributed by atoms with Crippen molar-refractivity contribution in [3.05, 3.63) is 0 Å². The molecule has 0 bridgehead atoms. The first-order chi connectivity index (χ1) is 12.0. The SMILES string of the molecule is CCCCCCCCCCCCCCCCOP(=O)(O)OCC(N)=O. The van der Waals surface area contributed by atoms with Crippen LogP contribution in [0.1, 0.15) is 96.8 Å². The number of nitrogens with two attached hydrogens (primary N) is 1. The van der Waals surface area contributed by atoms with E-state index >= 15 is 0 Å². The molecule has 0 aliphatic rings. The number of unbranched alkanes of at least 4 members (excludes halogenated alkanes) is 13. The summed E-state index contributed by atoms with van der Waals surface area (Å²) < 4.78 is 20.5. The molecule has 0 aromatic carbocycles. The maximum atomic E-state index is 11.4. The standard InChI is InChI=1S/C18H38NO5P/c1-2-3-4-5-6-7-8-9-10-11-12-13-14-15-16-23-25(21,22)24-17-18(19)20/h2-17H2,1H3,(H2,19,20)(H,21,22). The fourth-order valence-electron chi connectivity index (χ4n) is 2.66. The molecule has 0 heterocycles. The van der Waals surface area contributed by atoms with Gasteiger partial charge in [-0.05, 0) is 6.42 Å². The van der Waals surface area contributed by atoms with Gasteiger partial charge in [0.15, 0.2) is 0 Å². The van der Waals surface area contributed by atoms with Crippen LogP contribution in [-0.2, 0) is 18.4 Å². The molecular weight excluding hydrogens is 341 g/mol. The Morgan fingerprint density at radius 2 is 1.20 bits per heavy atom. The molecule has 0 fully saturated rings. The first-order valence-corrected chi connectivity index (χ1v) is 11.4. The van der Waals surface area contributed by atoms with E-state index in [0.717, 1.165) is 12.8 Å². The largest absolute Gasteiger partial charge is 0.472 e. The number of rotatable bonds is 19. The first-order valence-electron chi connectivity index (χ1n) is 9.88. The minimum Gasteiger partial charge on any atom is -0.368 e. The lowest BCUT2D eigenvalue weighted by molar-refractivity contribution is -0.120. The summed E-state index contributed by atoms with van der Waals surface area (Å²) in [5.74, 6) is -0.797. The smallest absolute Gasteiger partial charge is 0.368 e. The van der Waals surface area contributed by atoms with Crippen LogP contribution >= 0.6 is 7.82 Å². The highest BCUT2D eigenvalue weighted by Gasteiger charge is 2.21. The van der Waals surface area contributed by atoms with Crippen molar-refractivity contribution < 1.29 is 23.3 Å². The monoisotopic (exact) mass is 379 g/mol. The van der Waals surface area contributed by atoms with E-state index in [1.807, 2.05) is 0 Å². The minimum atomic E-state index is -4.13. The lowest BCUT2D eigenvalue weighted by atomic mass is 10.0. The highest BCUT2D eigenvalue weighted by atomic mass is 31.2. The first kappa shape index (κ1) is 24.6. The summed E-state index contributed by atoms with van der Waals surface area (Å²) in [5, 5.41) is 0. The Bertz CT molecular complexity index is 365. The average molecular weight is 379 g/mol. The number of hydrogen-bond donors (Lipinski definition) is 2. The zero-order valence-corrected chi connectivity index (χ0v) is 16.8. The van der Waals surface area contributed by atoms with E-state index in [-0.39, 0.29) is 6.61 Å². The van der Waals surface area contributed by atoms with Crippen molar-refractivity contribution in [2.24, 2.45) is 5.73 Å².